The lowest BCUT2D eigenvalue weighted by Crippen LogP contribution is -2.27. The summed E-state index contributed by atoms with van der Waals surface area (Å²) in [7, 11) is 0. The molecule has 0 unspecified atom stereocenters. The number of amides is 1. The van der Waals surface area contributed by atoms with Crippen molar-refractivity contribution >= 4 is 23.2 Å². The third-order valence-corrected chi connectivity index (χ3v) is 3.97. The highest BCUT2D eigenvalue weighted by Gasteiger charge is 2.09. The van der Waals surface area contributed by atoms with Crippen molar-refractivity contribution in [1.29, 1.82) is 0 Å². The molecule has 0 atom stereocenters. The average molecular weight is 362 g/mol. The number of esters is 1. The highest BCUT2D eigenvalue weighted by atomic mass is 32.1. The normalized spacial score (nSPS) is 10.6. The summed E-state index contributed by atoms with van der Waals surface area (Å²) < 4.78 is 10.6. The van der Waals surface area contributed by atoms with Crippen molar-refractivity contribution in [1.82, 2.24) is 10.3 Å². The Labute approximate surface area is 151 Å². The van der Waals surface area contributed by atoms with Crippen molar-refractivity contribution in [3.63, 3.8) is 0 Å². The number of hydrogen-bond donors (Lipinski definition) is 1. The molecule has 2 aromatic rings. The van der Waals surface area contributed by atoms with E-state index in [1.807, 2.05) is 12.3 Å². The molecule has 25 heavy (non-hydrogen) atoms. The van der Waals surface area contributed by atoms with Crippen molar-refractivity contribution in [3.8, 4) is 5.75 Å². The van der Waals surface area contributed by atoms with Gasteiger partial charge in [0.05, 0.1) is 23.2 Å². The minimum atomic E-state index is -0.323. The fourth-order valence-corrected chi connectivity index (χ4v) is 2.63. The Hall–Kier alpha value is -2.41. The van der Waals surface area contributed by atoms with E-state index in [0.717, 1.165) is 10.7 Å². The van der Waals surface area contributed by atoms with Crippen LogP contribution in [0.15, 0.2) is 29.6 Å². The van der Waals surface area contributed by atoms with E-state index in [1.165, 1.54) is 0 Å². The predicted octanol–water partition coefficient (Wildman–Crippen LogP) is 3.10. The van der Waals surface area contributed by atoms with Crippen LogP contribution < -0.4 is 10.1 Å². The third-order valence-electron chi connectivity index (χ3n) is 3.15. The van der Waals surface area contributed by atoms with E-state index in [-0.39, 0.29) is 30.9 Å². The van der Waals surface area contributed by atoms with Crippen LogP contribution in [0.25, 0.3) is 0 Å². The van der Waals surface area contributed by atoms with E-state index < -0.39 is 0 Å². The number of aromatic nitrogens is 1. The van der Waals surface area contributed by atoms with Crippen molar-refractivity contribution in [2.45, 2.75) is 39.9 Å². The molecule has 1 heterocycles. The number of aryl methyl sites for hydroxylation is 1. The molecule has 0 saturated heterocycles. The second-order valence-corrected chi connectivity index (χ2v) is 6.78. The molecule has 0 saturated carbocycles. The molecule has 0 bridgehead atoms. The average Bonchev–Trinajstić information content (AvgIpc) is 2.98. The fourth-order valence-electron chi connectivity index (χ4n) is 2.04. The lowest BCUT2D eigenvalue weighted by molar-refractivity contribution is -0.147. The second kappa shape index (κ2) is 9.17. The minimum absolute atomic E-state index is 0.149. The summed E-state index contributed by atoms with van der Waals surface area (Å²) in [4.78, 5) is 27.8. The lowest BCUT2D eigenvalue weighted by Gasteiger charge is -2.09. The quantitative estimate of drug-likeness (QED) is 0.730. The minimum Gasteiger partial charge on any atom is -0.487 e. The molecule has 2 rings (SSSR count). The number of hydrogen-bond acceptors (Lipinski definition) is 6. The summed E-state index contributed by atoms with van der Waals surface area (Å²) in [6.45, 7) is 6.16. The van der Waals surface area contributed by atoms with Gasteiger partial charge < -0.3 is 14.8 Å². The molecule has 0 aliphatic heterocycles. The van der Waals surface area contributed by atoms with E-state index in [2.05, 4.69) is 10.3 Å². The highest BCUT2D eigenvalue weighted by Crippen LogP contribution is 2.15. The topological polar surface area (TPSA) is 77.5 Å². The van der Waals surface area contributed by atoms with E-state index in [9.17, 15) is 9.59 Å². The predicted molar refractivity (Wildman–Crippen MR) is 95.8 cm³/mol. The number of ether oxygens (including phenoxy) is 2. The molecule has 1 aromatic carbocycles. The molecular formula is C18H22N2O4S. The van der Waals surface area contributed by atoms with Crippen molar-refractivity contribution < 1.29 is 19.1 Å². The Bertz CT molecular complexity index is 710. The molecule has 1 aromatic heterocycles. The van der Waals surface area contributed by atoms with Crippen LogP contribution in [-0.4, -0.2) is 29.5 Å². The number of nitrogens with zero attached hydrogens (tertiary/aromatic N) is 1. The molecule has 0 spiro atoms. The van der Waals surface area contributed by atoms with Gasteiger partial charge in [-0.05, 0) is 45.0 Å². The molecule has 1 amide bonds. The van der Waals surface area contributed by atoms with Gasteiger partial charge in [0.1, 0.15) is 12.4 Å². The maximum atomic E-state index is 12.0. The Kier molecular flexibility index (Phi) is 6.94. The maximum Gasteiger partial charge on any atom is 0.307 e. The van der Waals surface area contributed by atoms with Crippen LogP contribution in [0.2, 0.25) is 0 Å². The van der Waals surface area contributed by atoms with Gasteiger partial charge in [-0.15, -0.1) is 11.3 Å². The van der Waals surface area contributed by atoms with Crippen molar-refractivity contribution in [3.05, 3.63) is 45.9 Å². The standard InChI is InChI=1S/C18H22N2O4S/c1-12(2)24-17(21)8-9-19-18(22)14-4-6-16(7-5-14)23-10-15-11-25-13(3)20-15/h4-7,11-12H,8-10H2,1-3H3,(H,19,22). The molecule has 0 aliphatic rings. The van der Waals surface area contributed by atoms with Crippen LogP contribution in [0, 0.1) is 6.92 Å². The Morgan fingerprint density at radius 1 is 1.24 bits per heavy atom. The molecule has 7 heteroatoms. The first-order chi connectivity index (χ1) is 11.9. The number of rotatable bonds is 8. The number of benzene rings is 1. The third kappa shape index (κ3) is 6.54. The molecule has 1 N–H and O–H groups in total. The van der Waals surface area contributed by atoms with E-state index in [4.69, 9.17) is 9.47 Å². The van der Waals surface area contributed by atoms with Gasteiger partial charge in [-0.1, -0.05) is 0 Å². The summed E-state index contributed by atoms with van der Waals surface area (Å²) in [6.07, 6.45) is 0.00184. The number of carbonyl (C=O) groups excluding carboxylic acids is 2. The van der Waals surface area contributed by atoms with Crippen LogP contribution in [0.1, 0.15) is 41.3 Å². The SMILES string of the molecule is Cc1nc(COc2ccc(C(=O)NCCC(=O)OC(C)C)cc2)cs1. The fraction of sp³-hybridized carbons (Fsp3) is 0.389. The first-order valence-electron chi connectivity index (χ1n) is 8.05. The number of carbonyl (C=O) groups is 2. The summed E-state index contributed by atoms with van der Waals surface area (Å²) in [6, 6.07) is 6.84. The van der Waals surface area contributed by atoms with Gasteiger partial charge in [0, 0.05) is 17.5 Å². The van der Waals surface area contributed by atoms with Gasteiger partial charge in [0.25, 0.3) is 5.91 Å². The van der Waals surface area contributed by atoms with E-state index >= 15 is 0 Å². The monoisotopic (exact) mass is 362 g/mol. The van der Waals surface area contributed by atoms with Gasteiger partial charge in [-0.3, -0.25) is 9.59 Å². The Morgan fingerprint density at radius 2 is 1.96 bits per heavy atom. The number of nitrogens with one attached hydrogen (secondary N) is 1. The first kappa shape index (κ1) is 18.9. The van der Waals surface area contributed by atoms with Crippen LogP contribution in [0.5, 0.6) is 5.75 Å². The van der Waals surface area contributed by atoms with Gasteiger partial charge in [0.15, 0.2) is 0 Å². The zero-order valence-corrected chi connectivity index (χ0v) is 15.4. The molecule has 134 valence electrons. The number of thiazole rings is 1. The molecule has 6 nitrogen and oxygen atoms in total. The zero-order chi connectivity index (χ0) is 18.2. The molecular weight excluding hydrogens is 340 g/mol. The largest absolute Gasteiger partial charge is 0.487 e. The van der Waals surface area contributed by atoms with Gasteiger partial charge >= 0.3 is 5.97 Å². The Morgan fingerprint density at radius 3 is 2.56 bits per heavy atom. The molecule has 0 radical (unpaired) electrons. The summed E-state index contributed by atoms with van der Waals surface area (Å²) in [5.41, 5.74) is 1.40. The summed E-state index contributed by atoms with van der Waals surface area (Å²) in [5, 5.41) is 5.66. The van der Waals surface area contributed by atoms with Crippen LogP contribution >= 0.6 is 11.3 Å². The van der Waals surface area contributed by atoms with E-state index in [1.54, 1.807) is 49.4 Å². The van der Waals surface area contributed by atoms with Gasteiger partial charge in [0.2, 0.25) is 0 Å². The van der Waals surface area contributed by atoms with Crippen LogP contribution in [0.4, 0.5) is 0 Å². The van der Waals surface area contributed by atoms with E-state index in [0.29, 0.717) is 17.9 Å². The van der Waals surface area contributed by atoms with Crippen molar-refractivity contribution in [2.24, 2.45) is 0 Å². The first-order valence-corrected chi connectivity index (χ1v) is 8.93. The Balaban J connectivity index is 1.76. The summed E-state index contributed by atoms with van der Waals surface area (Å²) in [5.74, 6) is 0.109. The van der Waals surface area contributed by atoms with Crippen LogP contribution in [0.3, 0.4) is 0 Å². The maximum absolute atomic E-state index is 12.0. The van der Waals surface area contributed by atoms with Crippen LogP contribution in [-0.2, 0) is 16.1 Å². The van der Waals surface area contributed by atoms with Gasteiger partial charge in [-0.2, -0.15) is 0 Å². The smallest absolute Gasteiger partial charge is 0.307 e. The van der Waals surface area contributed by atoms with Crippen molar-refractivity contribution in [2.75, 3.05) is 6.54 Å². The second-order valence-electron chi connectivity index (χ2n) is 5.72. The molecule has 0 fully saturated rings. The lowest BCUT2D eigenvalue weighted by atomic mass is 10.2. The molecule has 0 aliphatic carbocycles. The zero-order valence-electron chi connectivity index (χ0n) is 14.6. The summed E-state index contributed by atoms with van der Waals surface area (Å²) >= 11 is 1.58. The highest BCUT2D eigenvalue weighted by molar-refractivity contribution is 7.09. The van der Waals surface area contributed by atoms with Gasteiger partial charge in [-0.25, -0.2) is 4.98 Å².